The van der Waals surface area contributed by atoms with E-state index in [0.29, 0.717) is 0 Å². The maximum atomic E-state index is 3.72. The third kappa shape index (κ3) is 4.59. The van der Waals surface area contributed by atoms with Crippen molar-refractivity contribution in [2.24, 2.45) is 0 Å². The molecule has 0 unspecified atom stereocenters. The van der Waals surface area contributed by atoms with Gasteiger partial charge < -0.3 is 19.9 Å². The van der Waals surface area contributed by atoms with Crippen molar-refractivity contribution in [3.05, 3.63) is 152 Å². The first kappa shape index (κ1) is 24.6. The normalized spacial score (nSPS) is 14.1. The van der Waals surface area contributed by atoms with E-state index < -0.39 is 0 Å². The average molecular weight is 511 g/mol. The van der Waals surface area contributed by atoms with Gasteiger partial charge in [0, 0.05) is 55.3 Å². The van der Waals surface area contributed by atoms with Crippen molar-refractivity contribution in [1.82, 2.24) is 19.9 Å². The molecule has 194 valence electrons. The maximum absolute atomic E-state index is 3.72. The minimum atomic E-state index is 1.01. The van der Waals surface area contributed by atoms with Gasteiger partial charge in [-0.3, -0.25) is 0 Å². The molecule has 1 aliphatic heterocycles. The van der Waals surface area contributed by atoms with Gasteiger partial charge in [0.2, 0.25) is 0 Å². The van der Waals surface area contributed by atoms with E-state index in [1.807, 2.05) is 0 Å². The molecule has 1 aliphatic rings. The fourth-order valence-electron chi connectivity index (χ4n) is 5.39. The molecule has 4 heteroatoms. The zero-order valence-corrected chi connectivity index (χ0v) is 22.9. The van der Waals surface area contributed by atoms with Crippen LogP contribution in [0.15, 0.2) is 103 Å². The van der Waals surface area contributed by atoms with Gasteiger partial charge in [-0.15, -0.1) is 0 Å². The van der Waals surface area contributed by atoms with Gasteiger partial charge in [-0.05, 0) is 98.0 Å². The van der Waals surface area contributed by atoms with Gasteiger partial charge in [-0.25, -0.2) is 0 Å². The van der Waals surface area contributed by atoms with Gasteiger partial charge in [0.1, 0.15) is 0 Å². The highest BCUT2D eigenvalue weighted by Gasteiger charge is 2.14. The number of allylic oxidation sites excluding steroid dienone is 4. The van der Waals surface area contributed by atoms with Crippen molar-refractivity contribution in [1.29, 1.82) is 0 Å². The SMILES string of the molecule is CC/C=C\C=C(/C)C1=c2ccc([nH]2)=C(C)c2ccc([nH]2)C(c2ccccc2)=c2ccc([nH]2)=C(C)c2ccc1[nH]2. The number of aromatic amines is 4. The second-order valence-electron chi connectivity index (χ2n) is 10.2. The number of aromatic nitrogens is 4. The van der Waals surface area contributed by atoms with Crippen LogP contribution in [0, 0.1) is 0 Å². The molecule has 0 amide bonds. The molecule has 4 aromatic heterocycles. The summed E-state index contributed by atoms with van der Waals surface area (Å²) < 4.78 is 0. The van der Waals surface area contributed by atoms with E-state index >= 15 is 0 Å². The Hall–Kier alpha value is -4.70. The van der Waals surface area contributed by atoms with Crippen molar-refractivity contribution in [3.63, 3.8) is 0 Å². The number of benzene rings is 1. The monoisotopic (exact) mass is 510 g/mol. The Kier molecular flexibility index (Phi) is 6.45. The van der Waals surface area contributed by atoms with E-state index in [1.165, 1.54) is 27.9 Å². The fourth-order valence-corrected chi connectivity index (χ4v) is 5.39. The maximum Gasteiger partial charge on any atom is 0.0485 e. The van der Waals surface area contributed by atoms with Gasteiger partial charge in [0.25, 0.3) is 0 Å². The summed E-state index contributed by atoms with van der Waals surface area (Å²) in [5, 5.41) is 4.36. The van der Waals surface area contributed by atoms with Crippen molar-refractivity contribution in [2.75, 3.05) is 0 Å². The minimum absolute atomic E-state index is 1.01. The van der Waals surface area contributed by atoms with Crippen LogP contribution in [0.3, 0.4) is 0 Å². The average Bonchev–Trinajstić information content (AvgIpc) is 3.77. The summed E-state index contributed by atoms with van der Waals surface area (Å²) in [5.74, 6) is 0. The summed E-state index contributed by atoms with van der Waals surface area (Å²) in [4.78, 5) is 14.9. The molecule has 4 N–H and O–H groups in total. The zero-order valence-electron chi connectivity index (χ0n) is 22.9. The molecule has 1 aromatic carbocycles. The number of hydrogen-bond donors (Lipinski definition) is 4. The molecular formula is C35H34N4. The Bertz CT molecular complexity index is 1960. The Balaban J connectivity index is 1.69. The molecule has 0 atom stereocenters. The van der Waals surface area contributed by atoms with Crippen LogP contribution in [0.4, 0.5) is 0 Å². The Morgan fingerprint density at radius 2 is 1.18 bits per heavy atom. The highest BCUT2D eigenvalue weighted by molar-refractivity contribution is 5.80. The second kappa shape index (κ2) is 10.2. The standard InChI is InChI=1S/C35H34N4/c1-5-6-8-11-22(2)34-30-18-14-26(36-30)23(3)28-16-20-32(38-28)35(25-12-9-7-10-13-25)33-21-17-29(39-33)24(4)27-15-19-31(34)37-27/h6-21,36-39H,5H2,1-4H3/b8-6-,22-11+,26-23?,27-24?,28-23?,29-24?,34-30?,34-31?,35-32?,35-33?. The highest BCUT2D eigenvalue weighted by Crippen LogP contribution is 2.23. The number of nitrogens with one attached hydrogen (secondary N) is 4. The van der Waals surface area contributed by atoms with Crippen LogP contribution < -0.4 is 21.4 Å². The zero-order chi connectivity index (χ0) is 26.9. The predicted molar refractivity (Wildman–Crippen MR) is 162 cm³/mol. The molecular weight excluding hydrogens is 476 g/mol. The van der Waals surface area contributed by atoms with Crippen molar-refractivity contribution in [3.8, 4) is 0 Å². The molecule has 0 saturated heterocycles. The Labute approximate surface area is 228 Å². The van der Waals surface area contributed by atoms with E-state index in [0.717, 1.165) is 56.2 Å². The number of fused-ring (bicyclic) bond motifs is 8. The predicted octanol–water partition coefficient (Wildman–Crippen LogP) is 5.11. The molecule has 0 saturated carbocycles. The lowest BCUT2D eigenvalue weighted by Crippen LogP contribution is -2.17. The van der Waals surface area contributed by atoms with Gasteiger partial charge in [0.05, 0.1) is 0 Å². The molecule has 5 aromatic rings. The van der Waals surface area contributed by atoms with Crippen LogP contribution in [0.5, 0.6) is 0 Å². The highest BCUT2D eigenvalue weighted by atomic mass is 14.8. The Morgan fingerprint density at radius 1 is 0.615 bits per heavy atom. The van der Waals surface area contributed by atoms with Crippen LogP contribution in [-0.4, -0.2) is 19.9 Å². The van der Waals surface area contributed by atoms with Crippen LogP contribution in [0.25, 0.3) is 22.3 Å². The topological polar surface area (TPSA) is 63.2 Å². The lowest BCUT2D eigenvalue weighted by molar-refractivity contribution is 1.18. The van der Waals surface area contributed by atoms with E-state index in [4.69, 9.17) is 0 Å². The molecule has 6 rings (SSSR count). The van der Waals surface area contributed by atoms with E-state index in [9.17, 15) is 0 Å². The smallest absolute Gasteiger partial charge is 0.0485 e. The van der Waals surface area contributed by atoms with E-state index in [1.54, 1.807) is 0 Å². The van der Waals surface area contributed by atoms with Crippen LogP contribution in [-0.2, 0) is 0 Å². The van der Waals surface area contributed by atoms with Gasteiger partial charge in [-0.2, -0.15) is 0 Å². The third-order valence-corrected chi connectivity index (χ3v) is 7.61. The van der Waals surface area contributed by atoms with E-state index in [-0.39, 0.29) is 0 Å². The van der Waals surface area contributed by atoms with Crippen LogP contribution in [0.2, 0.25) is 0 Å². The first-order valence-corrected chi connectivity index (χ1v) is 13.6. The summed E-state index contributed by atoms with van der Waals surface area (Å²) in [6.45, 7) is 8.67. The fraction of sp³-hybridized carbons (Fsp3) is 0.143. The van der Waals surface area contributed by atoms with Crippen molar-refractivity contribution in [2.45, 2.75) is 34.1 Å². The van der Waals surface area contributed by atoms with Gasteiger partial charge in [-0.1, -0.05) is 55.5 Å². The lowest BCUT2D eigenvalue weighted by Gasteiger charge is -2.07. The number of H-pyrrole nitrogens is 4. The van der Waals surface area contributed by atoms with Gasteiger partial charge >= 0.3 is 0 Å². The van der Waals surface area contributed by atoms with Crippen LogP contribution >= 0.6 is 0 Å². The van der Waals surface area contributed by atoms with Crippen LogP contribution in [0.1, 0.15) is 62.5 Å². The quantitative estimate of drug-likeness (QED) is 0.243. The molecule has 8 bridgehead atoms. The Morgan fingerprint density at radius 3 is 1.87 bits per heavy atom. The molecule has 0 fully saturated rings. The summed E-state index contributed by atoms with van der Waals surface area (Å²) >= 11 is 0. The first-order valence-electron chi connectivity index (χ1n) is 13.6. The second-order valence-corrected chi connectivity index (χ2v) is 10.2. The largest absolute Gasteiger partial charge is 0.355 e. The van der Waals surface area contributed by atoms with Crippen molar-refractivity contribution >= 4 is 22.3 Å². The van der Waals surface area contributed by atoms with E-state index in [2.05, 4.69) is 145 Å². The van der Waals surface area contributed by atoms with Gasteiger partial charge in [0.15, 0.2) is 0 Å². The first-order chi connectivity index (χ1) is 19.0. The number of rotatable bonds is 4. The molecule has 4 nitrogen and oxygen atoms in total. The minimum Gasteiger partial charge on any atom is -0.355 e. The summed E-state index contributed by atoms with van der Waals surface area (Å²) in [6.07, 6.45) is 7.54. The van der Waals surface area contributed by atoms with Crippen molar-refractivity contribution < 1.29 is 0 Å². The lowest BCUT2D eigenvalue weighted by atomic mass is 10.0. The third-order valence-electron chi connectivity index (χ3n) is 7.61. The summed E-state index contributed by atoms with van der Waals surface area (Å²) in [6, 6.07) is 28.0. The molecule has 39 heavy (non-hydrogen) atoms. The molecule has 5 heterocycles. The molecule has 0 spiro atoms. The summed E-state index contributed by atoms with van der Waals surface area (Å²) in [7, 11) is 0. The molecule has 0 radical (unpaired) electrons. The molecule has 0 aliphatic carbocycles. The summed E-state index contributed by atoms with van der Waals surface area (Å²) in [5.41, 5.74) is 11.4. The number of hydrogen-bond acceptors (Lipinski definition) is 0.